The van der Waals surface area contributed by atoms with Gasteiger partial charge in [-0.1, -0.05) is 18.6 Å². The van der Waals surface area contributed by atoms with Crippen LogP contribution in [0.2, 0.25) is 0 Å². The molecule has 4 nitrogen and oxygen atoms in total. The third kappa shape index (κ3) is 2.47. The molecule has 1 heterocycles. The number of carbonyl (C=O) groups is 1. The maximum absolute atomic E-state index is 12.5. The molecule has 2 aliphatic rings. The summed E-state index contributed by atoms with van der Waals surface area (Å²) < 4.78 is 5.55. The van der Waals surface area contributed by atoms with Crippen molar-refractivity contribution in [1.29, 1.82) is 0 Å². The monoisotopic (exact) mass is 274 g/mol. The molecule has 2 amide bonds. The summed E-state index contributed by atoms with van der Waals surface area (Å²) in [5.74, 6) is 1.47. The average Bonchev–Trinajstić information content (AvgIpc) is 3.03. The molecule has 2 fully saturated rings. The van der Waals surface area contributed by atoms with Crippen LogP contribution in [0.3, 0.4) is 0 Å². The van der Waals surface area contributed by atoms with E-state index in [0.717, 1.165) is 36.7 Å². The Labute approximate surface area is 120 Å². The maximum Gasteiger partial charge on any atom is 0.322 e. The van der Waals surface area contributed by atoms with Crippen molar-refractivity contribution in [2.45, 2.75) is 38.6 Å². The number of amides is 2. The molecule has 1 aromatic carbocycles. The summed E-state index contributed by atoms with van der Waals surface area (Å²) >= 11 is 0. The van der Waals surface area contributed by atoms with Crippen molar-refractivity contribution < 1.29 is 9.53 Å². The van der Waals surface area contributed by atoms with Crippen LogP contribution in [-0.4, -0.2) is 30.1 Å². The zero-order valence-corrected chi connectivity index (χ0v) is 12.0. The summed E-state index contributed by atoms with van der Waals surface area (Å²) in [6.07, 6.45) is 4.86. The molecule has 20 heavy (non-hydrogen) atoms. The Morgan fingerprint density at radius 3 is 3.05 bits per heavy atom. The minimum Gasteiger partial charge on any atom is -0.492 e. The van der Waals surface area contributed by atoms with Crippen LogP contribution in [-0.2, 0) is 0 Å². The average molecular weight is 274 g/mol. The van der Waals surface area contributed by atoms with Gasteiger partial charge in [0.25, 0.3) is 0 Å². The fourth-order valence-electron chi connectivity index (χ4n) is 3.53. The highest BCUT2D eigenvalue weighted by molar-refractivity contribution is 5.91. The predicted molar refractivity (Wildman–Crippen MR) is 79.1 cm³/mol. The van der Waals surface area contributed by atoms with E-state index in [-0.39, 0.29) is 6.03 Å². The van der Waals surface area contributed by atoms with Crippen molar-refractivity contribution in [2.75, 3.05) is 18.5 Å². The second kappa shape index (κ2) is 5.73. The minimum absolute atomic E-state index is 0.0200. The molecule has 0 bridgehead atoms. The number of anilines is 1. The number of likely N-dealkylation sites (tertiary alicyclic amines) is 1. The third-order valence-electron chi connectivity index (χ3n) is 4.45. The van der Waals surface area contributed by atoms with Gasteiger partial charge in [0.1, 0.15) is 5.75 Å². The van der Waals surface area contributed by atoms with Crippen LogP contribution >= 0.6 is 0 Å². The number of benzene rings is 1. The zero-order chi connectivity index (χ0) is 13.9. The van der Waals surface area contributed by atoms with Crippen LogP contribution in [0.4, 0.5) is 10.5 Å². The largest absolute Gasteiger partial charge is 0.492 e. The summed E-state index contributed by atoms with van der Waals surface area (Å²) in [6, 6.07) is 8.09. The predicted octanol–water partition coefficient (Wildman–Crippen LogP) is 3.49. The van der Waals surface area contributed by atoms with Crippen molar-refractivity contribution in [3.05, 3.63) is 24.3 Å². The Morgan fingerprint density at radius 2 is 2.20 bits per heavy atom. The molecule has 108 valence electrons. The van der Waals surface area contributed by atoms with Gasteiger partial charge < -0.3 is 15.0 Å². The van der Waals surface area contributed by atoms with Gasteiger partial charge in [0.15, 0.2) is 0 Å². The van der Waals surface area contributed by atoms with Crippen LogP contribution in [0, 0.1) is 5.92 Å². The zero-order valence-electron chi connectivity index (χ0n) is 12.0. The second-order valence-electron chi connectivity index (χ2n) is 5.60. The Kier molecular flexibility index (Phi) is 3.81. The number of nitrogens with one attached hydrogen (secondary N) is 1. The molecule has 4 heteroatoms. The van der Waals surface area contributed by atoms with Gasteiger partial charge in [-0.2, -0.15) is 0 Å². The molecule has 1 aliphatic heterocycles. The van der Waals surface area contributed by atoms with Crippen LogP contribution in [0.5, 0.6) is 5.75 Å². The number of hydrogen-bond donors (Lipinski definition) is 1. The molecule has 1 saturated carbocycles. The van der Waals surface area contributed by atoms with E-state index in [1.807, 2.05) is 36.1 Å². The fraction of sp³-hybridized carbons (Fsp3) is 0.562. The van der Waals surface area contributed by atoms with E-state index >= 15 is 0 Å². The van der Waals surface area contributed by atoms with Crippen molar-refractivity contribution >= 4 is 11.7 Å². The smallest absolute Gasteiger partial charge is 0.322 e. The molecule has 1 aliphatic carbocycles. The van der Waals surface area contributed by atoms with Crippen LogP contribution in [0.25, 0.3) is 0 Å². The molecular formula is C16H22N2O2. The van der Waals surface area contributed by atoms with E-state index < -0.39 is 0 Å². The first-order valence-electron chi connectivity index (χ1n) is 7.59. The van der Waals surface area contributed by atoms with E-state index in [4.69, 9.17) is 4.74 Å². The van der Waals surface area contributed by atoms with E-state index in [2.05, 4.69) is 5.32 Å². The second-order valence-corrected chi connectivity index (χ2v) is 5.60. The summed E-state index contributed by atoms with van der Waals surface area (Å²) in [5.41, 5.74) is 0.765. The number of nitrogens with zero attached hydrogens (tertiary/aromatic N) is 1. The van der Waals surface area contributed by atoms with Gasteiger partial charge >= 0.3 is 6.03 Å². The van der Waals surface area contributed by atoms with Crippen LogP contribution in [0.1, 0.15) is 32.6 Å². The van der Waals surface area contributed by atoms with E-state index in [9.17, 15) is 4.79 Å². The molecular weight excluding hydrogens is 252 g/mol. The number of para-hydroxylation sites is 2. The lowest BCUT2D eigenvalue weighted by atomic mass is 10.1. The number of fused-ring (bicyclic) bond motifs is 1. The third-order valence-corrected chi connectivity index (χ3v) is 4.45. The molecule has 3 rings (SSSR count). The number of hydrogen-bond acceptors (Lipinski definition) is 2. The van der Waals surface area contributed by atoms with Crippen molar-refractivity contribution in [1.82, 2.24) is 4.90 Å². The summed E-state index contributed by atoms with van der Waals surface area (Å²) in [4.78, 5) is 14.5. The van der Waals surface area contributed by atoms with Gasteiger partial charge in [-0.25, -0.2) is 4.79 Å². The Bertz CT molecular complexity index is 489. The molecule has 2 atom stereocenters. The van der Waals surface area contributed by atoms with Gasteiger partial charge in [0.2, 0.25) is 0 Å². The van der Waals surface area contributed by atoms with Crippen molar-refractivity contribution in [2.24, 2.45) is 5.92 Å². The van der Waals surface area contributed by atoms with Crippen molar-refractivity contribution in [3.63, 3.8) is 0 Å². The maximum atomic E-state index is 12.5. The van der Waals surface area contributed by atoms with Gasteiger partial charge in [0, 0.05) is 12.6 Å². The first-order valence-corrected chi connectivity index (χ1v) is 7.59. The lowest BCUT2D eigenvalue weighted by Crippen LogP contribution is -2.39. The Hall–Kier alpha value is -1.71. The molecule has 0 spiro atoms. The van der Waals surface area contributed by atoms with Gasteiger partial charge in [-0.05, 0) is 44.2 Å². The van der Waals surface area contributed by atoms with E-state index in [1.165, 1.54) is 12.8 Å². The highest BCUT2D eigenvalue weighted by Gasteiger charge is 2.39. The number of rotatable bonds is 3. The molecule has 0 unspecified atom stereocenters. The SMILES string of the molecule is CCOc1ccccc1NC(=O)N1CC[C@@H]2CCC[C@H]21. The first-order chi connectivity index (χ1) is 9.79. The van der Waals surface area contributed by atoms with Gasteiger partial charge in [-0.15, -0.1) is 0 Å². The van der Waals surface area contributed by atoms with E-state index in [1.54, 1.807) is 0 Å². The molecule has 1 aromatic rings. The fourth-order valence-corrected chi connectivity index (χ4v) is 3.53. The topological polar surface area (TPSA) is 41.6 Å². The number of ether oxygens (including phenoxy) is 1. The Balaban J connectivity index is 1.70. The van der Waals surface area contributed by atoms with Gasteiger partial charge in [-0.3, -0.25) is 0 Å². The quantitative estimate of drug-likeness (QED) is 0.916. The number of carbonyl (C=O) groups excluding carboxylic acids is 1. The first kappa shape index (κ1) is 13.3. The van der Waals surface area contributed by atoms with Crippen LogP contribution in [0.15, 0.2) is 24.3 Å². The standard InChI is InChI=1S/C16H22N2O2/c1-2-20-15-9-4-3-7-13(15)17-16(19)18-11-10-12-6-5-8-14(12)18/h3-4,7,9,12,14H,2,5-6,8,10-11H2,1H3,(H,17,19)/t12-,14+/m0/s1. The summed E-state index contributed by atoms with van der Waals surface area (Å²) in [7, 11) is 0. The molecule has 1 N–H and O–H groups in total. The highest BCUT2D eigenvalue weighted by Crippen LogP contribution is 2.38. The highest BCUT2D eigenvalue weighted by atomic mass is 16.5. The Morgan fingerprint density at radius 1 is 1.35 bits per heavy atom. The van der Waals surface area contributed by atoms with Gasteiger partial charge in [0.05, 0.1) is 12.3 Å². The van der Waals surface area contributed by atoms with E-state index in [0.29, 0.717) is 12.6 Å². The molecule has 0 aromatic heterocycles. The molecule has 0 radical (unpaired) electrons. The normalized spacial score (nSPS) is 24.6. The lowest BCUT2D eigenvalue weighted by molar-refractivity contribution is 0.203. The molecule has 1 saturated heterocycles. The lowest BCUT2D eigenvalue weighted by Gasteiger charge is -2.24. The van der Waals surface area contributed by atoms with Crippen LogP contribution < -0.4 is 10.1 Å². The van der Waals surface area contributed by atoms with Crippen molar-refractivity contribution in [3.8, 4) is 5.75 Å². The summed E-state index contributed by atoms with van der Waals surface area (Å²) in [5, 5.41) is 3.01. The summed E-state index contributed by atoms with van der Waals surface area (Å²) in [6.45, 7) is 3.43. The minimum atomic E-state index is 0.0200. The number of urea groups is 1.